The molecule has 0 fully saturated rings. The van der Waals surface area contributed by atoms with E-state index in [9.17, 15) is 0 Å². The smallest absolute Gasteiger partial charge is 0.00931 e. The van der Waals surface area contributed by atoms with Gasteiger partial charge in [0.2, 0.25) is 0 Å². The third-order valence-electron chi connectivity index (χ3n) is 4.87. The largest absolute Gasteiger partial charge is 0.0654 e. The van der Waals surface area contributed by atoms with E-state index in [0.717, 1.165) is 0 Å². The Hall–Kier alpha value is -1.56. The summed E-state index contributed by atoms with van der Waals surface area (Å²) in [5.74, 6) is 1.22. The summed E-state index contributed by atoms with van der Waals surface area (Å²) in [4.78, 5) is 0. The lowest BCUT2D eigenvalue weighted by atomic mass is 9.76. The first kappa shape index (κ1) is 17.8. The van der Waals surface area contributed by atoms with Gasteiger partial charge in [-0.05, 0) is 63.5 Å². The molecule has 0 saturated heterocycles. The first-order chi connectivity index (χ1) is 10.9. The Labute approximate surface area is 143 Å². The highest BCUT2D eigenvalue weighted by Crippen LogP contribution is 2.40. The van der Waals surface area contributed by atoms with Gasteiger partial charge in [-0.15, -0.1) is 0 Å². The lowest BCUT2D eigenvalue weighted by Crippen LogP contribution is -2.12. The number of hydrogen-bond acceptors (Lipinski definition) is 0. The fraction of sp³-hybridized carbons (Fsp3) is 0.478. The number of benzene rings is 2. The highest BCUT2D eigenvalue weighted by atomic mass is 14.3. The molecule has 23 heavy (non-hydrogen) atoms. The van der Waals surface area contributed by atoms with Crippen molar-refractivity contribution >= 4 is 0 Å². The van der Waals surface area contributed by atoms with Gasteiger partial charge in [0.1, 0.15) is 0 Å². The SMILES string of the molecule is CCCC(c1cc(C)cc(C)c1)C(CC)c1cc(C)cc(C)c1. The molecular formula is C23H32. The molecule has 0 heteroatoms. The first-order valence-corrected chi connectivity index (χ1v) is 9.11. The molecule has 2 aromatic carbocycles. The van der Waals surface area contributed by atoms with Crippen LogP contribution in [0.1, 0.15) is 78.3 Å². The zero-order chi connectivity index (χ0) is 17.0. The van der Waals surface area contributed by atoms with Crippen LogP contribution >= 0.6 is 0 Å². The van der Waals surface area contributed by atoms with Crippen molar-refractivity contribution in [1.29, 1.82) is 0 Å². The highest BCUT2D eigenvalue weighted by molar-refractivity contribution is 5.37. The molecule has 0 aliphatic rings. The van der Waals surface area contributed by atoms with Gasteiger partial charge >= 0.3 is 0 Å². The molecule has 0 amide bonds. The average Bonchev–Trinajstić information content (AvgIpc) is 2.45. The molecule has 0 aromatic heterocycles. The van der Waals surface area contributed by atoms with Crippen molar-refractivity contribution in [3.05, 3.63) is 69.8 Å². The average molecular weight is 309 g/mol. The van der Waals surface area contributed by atoms with E-state index < -0.39 is 0 Å². The second-order valence-electron chi connectivity index (χ2n) is 7.25. The van der Waals surface area contributed by atoms with Crippen LogP contribution in [0.25, 0.3) is 0 Å². The number of rotatable bonds is 6. The minimum Gasteiger partial charge on any atom is -0.0654 e. The predicted molar refractivity (Wildman–Crippen MR) is 103 cm³/mol. The van der Waals surface area contributed by atoms with E-state index in [0.29, 0.717) is 11.8 Å². The second kappa shape index (κ2) is 7.81. The van der Waals surface area contributed by atoms with Crippen molar-refractivity contribution < 1.29 is 0 Å². The molecule has 0 radical (unpaired) electrons. The van der Waals surface area contributed by atoms with E-state index in [1.165, 1.54) is 52.6 Å². The van der Waals surface area contributed by atoms with Crippen LogP contribution in [0.2, 0.25) is 0 Å². The molecule has 0 aliphatic heterocycles. The minimum atomic E-state index is 0.606. The summed E-state index contributed by atoms with van der Waals surface area (Å²) in [6.45, 7) is 13.5. The van der Waals surface area contributed by atoms with Gasteiger partial charge in [-0.1, -0.05) is 78.9 Å². The summed E-state index contributed by atoms with van der Waals surface area (Å²) in [5, 5.41) is 0. The standard InChI is InChI=1S/C23H32/c1-7-9-23(21-14-18(5)11-19(6)15-21)22(8-2)20-12-16(3)10-17(4)13-20/h10-15,22-23H,7-9H2,1-6H3. The Bertz CT molecular complexity index is 611. The summed E-state index contributed by atoms with van der Waals surface area (Å²) in [7, 11) is 0. The third kappa shape index (κ3) is 4.47. The molecule has 2 atom stereocenters. The summed E-state index contributed by atoms with van der Waals surface area (Å²) in [6.07, 6.45) is 3.69. The molecule has 0 N–H and O–H groups in total. The zero-order valence-corrected chi connectivity index (χ0v) is 15.7. The van der Waals surface area contributed by atoms with E-state index in [2.05, 4.69) is 77.9 Å². The van der Waals surface area contributed by atoms with Crippen LogP contribution in [0.3, 0.4) is 0 Å². The van der Waals surface area contributed by atoms with Gasteiger partial charge in [0.25, 0.3) is 0 Å². The second-order valence-corrected chi connectivity index (χ2v) is 7.25. The van der Waals surface area contributed by atoms with Gasteiger partial charge in [-0.3, -0.25) is 0 Å². The van der Waals surface area contributed by atoms with Crippen LogP contribution < -0.4 is 0 Å². The zero-order valence-electron chi connectivity index (χ0n) is 15.7. The molecule has 0 saturated carbocycles. The molecule has 2 rings (SSSR count). The quantitative estimate of drug-likeness (QED) is 0.539. The lowest BCUT2D eigenvalue weighted by Gasteiger charge is -2.28. The number of hydrogen-bond donors (Lipinski definition) is 0. The molecule has 2 aromatic rings. The first-order valence-electron chi connectivity index (χ1n) is 9.11. The molecule has 0 bridgehead atoms. The molecule has 0 heterocycles. The van der Waals surface area contributed by atoms with E-state index in [4.69, 9.17) is 0 Å². The fourth-order valence-corrected chi connectivity index (χ4v) is 4.11. The Morgan fingerprint density at radius 1 is 0.609 bits per heavy atom. The van der Waals surface area contributed by atoms with Gasteiger partial charge in [0.15, 0.2) is 0 Å². The van der Waals surface area contributed by atoms with Gasteiger partial charge in [-0.2, -0.15) is 0 Å². The van der Waals surface area contributed by atoms with Gasteiger partial charge in [0.05, 0.1) is 0 Å². The maximum atomic E-state index is 2.40. The molecule has 0 aliphatic carbocycles. The van der Waals surface area contributed by atoms with Crippen molar-refractivity contribution in [3.8, 4) is 0 Å². The monoisotopic (exact) mass is 308 g/mol. The third-order valence-corrected chi connectivity index (χ3v) is 4.87. The summed E-state index contributed by atoms with van der Waals surface area (Å²) >= 11 is 0. The van der Waals surface area contributed by atoms with Crippen molar-refractivity contribution in [2.75, 3.05) is 0 Å². The topological polar surface area (TPSA) is 0 Å². The molecule has 124 valence electrons. The Morgan fingerprint density at radius 2 is 1.00 bits per heavy atom. The van der Waals surface area contributed by atoms with E-state index in [1.807, 2.05) is 0 Å². The Morgan fingerprint density at radius 3 is 1.35 bits per heavy atom. The van der Waals surface area contributed by atoms with Crippen LogP contribution in [0.4, 0.5) is 0 Å². The summed E-state index contributed by atoms with van der Waals surface area (Å²) < 4.78 is 0. The van der Waals surface area contributed by atoms with Gasteiger partial charge < -0.3 is 0 Å². The summed E-state index contributed by atoms with van der Waals surface area (Å²) in [5.41, 5.74) is 8.58. The van der Waals surface area contributed by atoms with Gasteiger partial charge in [0, 0.05) is 0 Å². The molecular weight excluding hydrogens is 276 g/mol. The van der Waals surface area contributed by atoms with Crippen molar-refractivity contribution in [2.24, 2.45) is 0 Å². The van der Waals surface area contributed by atoms with E-state index in [1.54, 1.807) is 0 Å². The van der Waals surface area contributed by atoms with Crippen LogP contribution in [-0.2, 0) is 0 Å². The summed E-state index contributed by atoms with van der Waals surface area (Å²) in [6, 6.07) is 14.2. The van der Waals surface area contributed by atoms with Crippen LogP contribution in [0.15, 0.2) is 36.4 Å². The van der Waals surface area contributed by atoms with Crippen LogP contribution in [0, 0.1) is 27.7 Å². The van der Waals surface area contributed by atoms with Crippen LogP contribution in [0.5, 0.6) is 0 Å². The predicted octanol–water partition coefficient (Wildman–Crippen LogP) is 7.00. The maximum absolute atomic E-state index is 2.40. The fourth-order valence-electron chi connectivity index (χ4n) is 4.11. The molecule has 0 nitrogen and oxygen atoms in total. The van der Waals surface area contributed by atoms with Gasteiger partial charge in [-0.25, -0.2) is 0 Å². The highest BCUT2D eigenvalue weighted by Gasteiger charge is 2.23. The lowest BCUT2D eigenvalue weighted by molar-refractivity contribution is 0.486. The number of aryl methyl sites for hydroxylation is 4. The van der Waals surface area contributed by atoms with Crippen molar-refractivity contribution in [2.45, 2.75) is 72.6 Å². The van der Waals surface area contributed by atoms with E-state index >= 15 is 0 Å². The normalized spacial score (nSPS) is 13.8. The molecule has 0 spiro atoms. The van der Waals surface area contributed by atoms with E-state index in [-0.39, 0.29) is 0 Å². The molecule has 2 unspecified atom stereocenters. The van der Waals surface area contributed by atoms with Crippen molar-refractivity contribution in [3.63, 3.8) is 0 Å². The van der Waals surface area contributed by atoms with Crippen molar-refractivity contribution in [1.82, 2.24) is 0 Å². The maximum Gasteiger partial charge on any atom is -0.00931 e. The minimum absolute atomic E-state index is 0.606. The Balaban J connectivity index is 2.48. The Kier molecular flexibility index (Phi) is 6.04. The van der Waals surface area contributed by atoms with Crippen LogP contribution in [-0.4, -0.2) is 0 Å².